The Labute approximate surface area is 124 Å². The molecule has 112 valence electrons. The molecular formula is C13H19ClN2O3S. The maximum absolute atomic E-state index is 12.5. The van der Waals surface area contributed by atoms with Crippen LogP contribution < -0.4 is 10.0 Å². The maximum atomic E-state index is 12.5. The highest BCUT2D eigenvalue weighted by atomic mass is 35.5. The van der Waals surface area contributed by atoms with Gasteiger partial charge in [-0.1, -0.05) is 17.7 Å². The van der Waals surface area contributed by atoms with Gasteiger partial charge in [0.1, 0.15) is 4.90 Å². The van der Waals surface area contributed by atoms with E-state index in [1.807, 2.05) is 6.92 Å². The normalized spacial score (nSPS) is 23.1. The molecule has 0 spiro atoms. The molecule has 1 saturated heterocycles. The summed E-state index contributed by atoms with van der Waals surface area (Å²) in [6, 6.07) is 5.01. The molecule has 0 amide bonds. The van der Waals surface area contributed by atoms with Crippen LogP contribution >= 0.6 is 11.6 Å². The van der Waals surface area contributed by atoms with Crippen LogP contribution in [0.15, 0.2) is 23.1 Å². The van der Waals surface area contributed by atoms with Crippen molar-refractivity contribution >= 4 is 21.6 Å². The fourth-order valence-corrected chi connectivity index (χ4v) is 4.17. The summed E-state index contributed by atoms with van der Waals surface area (Å²) in [4.78, 5) is 0.111. The van der Waals surface area contributed by atoms with Crippen molar-refractivity contribution in [3.05, 3.63) is 28.8 Å². The summed E-state index contributed by atoms with van der Waals surface area (Å²) in [5.74, 6) is 0. The van der Waals surface area contributed by atoms with E-state index < -0.39 is 15.6 Å². The van der Waals surface area contributed by atoms with Crippen LogP contribution in [0.5, 0.6) is 0 Å². The molecule has 0 aromatic heterocycles. The minimum absolute atomic E-state index is 0.111. The Kier molecular flexibility index (Phi) is 4.71. The molecule has 2 rings (SSSR count). The molecule has 1 heterocycles. The monoisotopic (exact) mass is 318 g/mol. The molecule has 0 aliphatic carbocycles. The first-order valence-electron chi connectivity index (χ1n) is 6.41. The average Bonchev–Trinajstić information content (AvgIpc) is 2.77. The highest BCUT2D eigenvalue weighted by Gasteiger charge is 2.35. The largest absolute Gasteiger partial charge is 0.379 e. The SMILES string of the molecule is CNCc1ccc(Cl)c(S(=O)(=O)NC2(C)CCOC2)c1. The van der Waals surface area contributed by atoms with Crippen molar-refractivity contribution in [2.45, 2.75) is 30.3 Å². The fraction of sp³-hybridized carbons (Fsp3) is 0.538. The molecule has 1 unspecified atom stereocenters. The molecular weight excluding hydrogens is 300 g/mol. The van der Waals surface area contributed by atoms with Gasteiger partial charge >= 0.3 is 0 Å². The topological polar surface area (TPSA) is 67.4 Å². The number of hydrogen-bond acceptors (Lipinski definition) is 4. The summed E-state index contributed by atoms with van der Waals surface area (Å²) < 4.78 is 33.0. The van der Waals surface area contributed by atoms with Gasteiger partial charge in [0.2, 0.25) is 10.0 Å². The van der Waals surface area contributed by atoms with E-state index in [2.05, 4.69) is 10.0 Å². The lowest BCUT2D eigenvalue weighted by Crippen LogP contribution is -2.46. The van der Waals surface area contributed by atoms with Crippen molar-refractivity contribution in [2.75, 3.05) is 20.3 Å². The third kappa shape index (κ3) is 3.51. The van der Waals surface area contributed by atoms with Gasteiger partial charge in [-0.3, -0.25) is 0 Å². The number of nitrogens with one attached hydrogen (secondary N) is 2. The Morgan fingerprint density at radius 3 is 2.80 bits per heavy atom. The van der Waals surface area contributed by atoms with Gasteiger partial charge in [-0.2, -0.15) is 0 Å². The summed E-state index contributed by atoms with van der Waals surface area (Å²) >= 11 is 6.04. The Morgan fingerprint density at radius 1 is 1.45 bits per heavy atom. The van der Waals surface area contributed by atoms with Crippen LogP contribution in [0.25, 0.3) is 0 Å². The van der Waals surface area contributed by atoms with Crippen molar-refractivity contribution in [1.82, 2.24) is 10.0 Å². The van der Waals surface area contributed by atoms with E-state index in [0.29, 0.717) is 26.2 Å². The molecule has 20 heavy (non-hydrogen) atoms. The zero-order valence-electron chi connectivity index (χ0n) is 11.6. The van der Waals surface area contributed by atoms with Gasteiger partial charge in [0, 0.05) is 13.2 Å². The van der Waals surface area contributed by atoms with Crippen LogP contribution in [0.4, 0.5) is 0 Å². The molecule has 1 atom stereocenters. The van der Waals surface area contributed by atoms with Gasteiger partial charge in [-0.05, 0) is 38.1 Å². The van der Waals surface area contributed by atoms with Crippen LogP contribution in [0.1, 0.15) is 18.9 Å². The lowest BCUT2D eigenvalue weighted by atomic mass is 10.0. The van der Waals surface area contributed by atoms with E-state index in [1.54, 1.807) is 25.2 Å². The summed E-state index contributed by atoms with van der Waals surface area (Å²) in [5.41, 5.74) is 0.298. The third-order valence-corrected chi connectivity index (χ3v) is 5.39. The highest BCUT2D eigenvalue weighted by Crippen LogP contribution is 2.26. The molecule has 1 aliphatic heterocycles. The molecule has 2 N–H and O–H groups in total. The smallest absolute Gasteiger partial charge is 0.242 e. The van der Waals surface area contributed by atoms with Crippen LogP contribution in [-0.2, 0) is 21.3 Å². The molecule has 1 aromatic carbocycles. The molecule has 0 saturated carbocycles. The lowest BCUT2D eigenvalue weighted by molar-refractivity contribution is 0.178. The number of hydrogen-bond donors (Lipinski definition) is 2. The second-order valence-electron chi connectivity index (χ2n) is 5.26. The minimum Gasteiger partial charge on any atom is -0.379 e. The maximum Gasteiger partial charge on any atom is 0.242 e. The van der Waals surface area contributed by atoms with E-state index in [1.165, 1.54) is 0 Å². The highest BCUT2D eigenvalue weighted by molar-refractivity contribution is 7.89. The first-order chi connectivity index (χ1) is 9.36. The molecule has 7 heteroatoms. The van der Waals surface area contributed by atoms with Crippen LogP contribution in [0.2, 0.25) is 5.02 Å². The van der Waals surface area contributed by atoms with Gasteiger partial charge in [0.15, 0.2) is 0 Å². The molecule has 1 aromatic rings. The number of ether oxygens (including phenoxy) is 1. The summed E-state index contributed by atoms with van der Waals surface area (Å²) in [5, 5.41) is 3.21. The Balaban J connectivity index is 2.31. The van der Waals surface area contributed by atoms with Gasteiger partial charge in [0.05, 0.1) is 17.2 Å². The Hall–Kier alpha value is -0.660. The number of halogens is 1. The predicted octanol–water partition coefficient (Wildman–Crippen LogP) is 1.52. The summed E-state index contributed by atoms with van der Waals surface area (Å²) in [6.07, 6.45) is 0.653. The zero-order chi connectivity index (χ0) is 14.8. The first-order valence-corrected chi connectivity index (χ1v) is 8.27. The third-order valence-electron chi connectivity index (χ3n) is 3.27. The molecule has 0 radical (unpaired) electrons. The van der Waals surface area contributed by atoms with Crippen LogP contribution in [-0.4, -0.2) is 34.2 Å². The second-order valence-corrected chi connectivity index (χ2v) is 7.32. The predicted molar refractivity (Wildman–Crippen MR) is 78.4 cm³/mol. The lowest BCUT2D eigenvalue weighted by Gasteiger charge is -2.23. The van der Waals surface area contributed by atoms with Crippen molar-refractivity contribution in [1.29, 1.82) is 0 Å². The fourth-order valence-electron chi connectivity index (χ4n) is 2.19. The average molecular weight is 319 g/mol. The van der Waals surface area contributed by atoms with Crippen molar-refractivity contribution in [3.8, 4) is 0 Å². The molecule has 0 bridgehead atoms. The molecule has 1 aliphatic rings. The first kappa shape index (κ1) is 15.7. The number of rotatable bonds is 5. The minimum atomic E-state index is -3.66. The van der Waals surface area contributed by atoms with Crippen LogP contribution in [0, 0.1) is 0 Å². The molecule has 1 fully saturated rings. The van der Waals surface area contributed by atoms with E-state index >= 15 is 0 Å². The number of sulfonamides is 1. The number of benzene rings is 1. The van der Waals surface area contributed by atoms with Gasteiger partial charge in [-0.15, -0.1) is 0 Å². The second kappa shape index (κ2) is 5.99. The molecule has 5 nitrogen and oxygen atoms in total. The van der Waals surface area contributed by atoms with E-state index in [4.69, 9.17) is 16.3 Å². The Bertz CT molecular complexity index is 583. The van der Waals surface area contributed by atoms with Crippen molar-refractivity contribution in [2.24, 2.45) is 0 Å². The van der Waals surface area contributed by atoms with E-state index in [-0.39, 0.29) is 9.92 Å². The summed E-state index contributed by atoms with van der Waals surface area (Å²) in [6.45, 7) is 3.36. The van der Waals surface area contributed by atoms with E-state index in [9.17, 15) is 8.42 Å². The quantitative estimate of drug-likeness (QED) is 0.863. The van der Waals surface area contributed by atoms with Crippen molar-refractivity contribution < 1.29 is 13.2 Å². The zero-order valence-corrected chi connectivity index (χ0v) is 13.1. The van der Waals surface area contributed by atoms with Gasteiger partial charge in [-0.25, -0.2) is 13.1 Å². The van der Waals surface area contributed by atoms with Gasteiger partial charge in [0.25, 0.3) is 0 Å². The van der Waals surface area contributed by atoms with Crippen LogP contribution in [0.3, 0.4) is 0 Å². The summed E-state index contributed by atoms with van der Waals surface area (Å²) in [7, 11) is -1.86. The Morgan fingerprint density at radius 2 is 2.20 bits per heavy atom. The van der Waals surface area contributed by atoms with Gasteiger partial charge < -0.3 is 10.1 Å². The van der Waals surface area contributed by atoms with E-state index in [0.717, 1.165) is 5.56 Å². The van der Waals surface area contributed by atoms with Crippen molar-refractivity contribution in [3.63, 3.8) is 0 Å². The standard InChI is InChI=1S/C13H19ClN2O3S/c1-13(5-6-19-9-13)16-20(17,18)12-7-10(8-15-2)3-4-11(12)14/h3-4,7,15-16H,5-6,8-9H2,1-2H3.